The van der Waals surface area contributed by atoms with E-state index in [0.29, 0.717) is 6.10 Å². The fraction of sp³-hybridized carbons (Fsp3) is 0.667. The van der Waals surface area contributed by atoms with E-state index in [9.17, 15) is 0 Å². The third-order valence-corrected chi connectivity index (χ3v) is 3.53. The van der Waals surface area contributed by atoms with Crippen LogP contribution in [0.1, 0.15) is 37.3 Å². The van der Waals surface area contributed by atoms with Crippen molar-refractivity contribution in [3.63, 3.8) is 0 Å². The van der Waals surface area contributed by atoms with Crippen molar-refractivity contribution in [2.75, 3.05) is 24.6 Å². The molecule has 1 aromatic rings. The maximum Gasteiger partial charge on any atom is 0.131 e. The third kappa shape index (κ3) is 3.67. The highest BCUT2D eigenvalue weighted by Gasteiger charge is 2.22. The molecular weight excluding hydrogens is 240 g/mol. The molecule has 0 aromatic carbocycles. The Bertz CT molecular complexity index is 409. The summed E-state index contributed by atoms with van der Waals surface area (Å²) in [5.41, 5.74) is 2.00. The Morgan fingerprint density at radius 3 is 3.05 bits per heavy atom. The van der Waals surface area contributed by atoms with Crippen molar-refractivity contribution in [2.45, 2.75) is 45.8 Å². The highest BCUT2D eigenvalue weighted by molar-refractivity contribution is 5.47. The number of aryl methyl sites for hydroxylation is 1. The molecule has 4 heteroatoms. The molecule has 1 fully saturated rings. The van der Waals surface area contributed by atoms with E-state index in [2.05, 4.69) is 23.7 Å². The van der Waals surface area contributed by atoms with Crippen LogP contribution in [-0.2, 0) is 11.3 Å². The molecule has 2 rings (SSSR count). The van der Waals surface area contributed by atoms with Crippen molar-refractivity contribution in [1.82, 2.24) is 4.98 Å². The van der Waals surface area contributed by atoms with Gasteiger partial charge < -0.3 is 14.7 Å². The third-order valence-electron chi connectivity index (χ3n) is 3.53. The number of aliphatic hydroxyl groups excluding tert-OH is 1. The van der Waals surface area contributed by atoms with Gasteiger partial charge in [0, 0.05) is 25.9 Å². The Morgan fingerprint density at radius 2 is 2.37 bits per heavy atom. The number of aliphatic hydroxyl groups is 1. The van der Waals surface area contributed by atoms with Crippen LogP contribution in [0.5, 0.6) is 0 Å². The molecule has 0 amide bonds. The summed E-state index contributed by atoms with van der Waals surface area (Å²) in [5, 5.41) is 9.13. The molecule has 1 aromatic heterocycles. The van der Waals surface area contributed by atoms with E-state index in [1.54, 1.807) is 6.20 Å². The first-order valence-electron chi connectivity index (χ1n) is 7.17. The molecule has 0 bridgehead atoms. The van der Waals surface area contributed by atoms with Crippen molar-refractivity contribution < 1.29 is 9.84 Å². The molecule has 0 saturated carbocycles. The number of hydrogen-bond acceptors (Lipinski definition) is 4. The molecule has 1 N–H and O–H groups in total. The number of pyridine rings is 1. The van der Waals surface area contributed by atoms with Crippen LogP contribution in [0.4, 0.5) is 5.82 Å². The largest absolute Gasteiger partial charge is 0.392 e. The summed E-state index contributed by atoms with van der Waals surface area (Å²) >= 11 is 0. The van der Waals surface area contributed by atoms with Gasteiger partial charge in [-0.1, -0.05) is 6.92 Å². The normalized spacial score (nSPS) is 19.7. The van der Waals surface area contributed by atoms with Crippen molar-refractivity contribution in [3.05, 3.63) is 23.4 Å². The van der Waals surface area contributed by atoms with Crippen LogP contribution in [0.25, 0.3) is 0 Å². The van der Waals surface area contributed by atoms with Crippen LogP contribution in [0.15, 0.2) is 12.3 Å². The van der Waals surface area contributed by atoms with Gasteiger partial charge in [0.15, 0.2) is 0 Å². The second-order valence-electron chi connectivity index (χ2n) is 5.22. The summed E-state index contributed by atoms with van der Waals surface area (Å²) < 4.78 is 5.86. The smallest absolute Gasteiger partial charge is 0.131 e. The molecular formula is C15H24N2O2. The Morgan fingerprint density at radius 1 is 1.53 bits per heavy atom. The van der Waals surface area contributed by atoms with E-state index >= 15 is 0 Å². The Hall–Kier alpha value is -1.13. The minimum Gasteiger partial charge on any atom is -0.392 e. The predicted octanol–water partition coefficient (Wildman–Crippen LogP) is 2.28. The lowest BCUT2D eigenvalue weighted by atomic mass is 10.1. The van der Waals surface area contributed by atoms with Gasteiger partial charge in [-0.15, -0.1) is 0 Å². The zero-order valence-electron chi connectivity index (χ0n) is 11.9. The second-order valence-corrected chi connectivity index (χ2v) is 5.22. The average molecular weight is 264 g/mol. The van der Waals surface area contributed by atoms with Gasteiger partial charge in [0.05, 0.1) is 12.7 Å². The monoisotopic (exact) mass is 264 g/mol. The number of rotatable bonds is 5. The summed E-state index contributed by atoms with van der Waals surface area (Å²) in [6.45, 7) is 7.05. The maximum atomic E-state index is 9.13. The average Bonchev–Trinajstić information content (AvgIpc) is 2.45. The van der Waals surface area contributed by atoms with Crippen molar-refractivity contribution >= 4 is 5.82 Å². The Labute approximate surface area is 115 Å². The van der Waals surface area contributed by atoms with E-state index in [4.69, 9.17) is 9.84 Å². The topological polar surface area (TPSA) is 45.6 Å². The minimum absolute atomic E-state index is 0.0519. The highest BCUT2D eigenvalue weighted by Crippen LogP contribution is 2.23. The van der Waals surface area contributed by atoms with Gasteiger partial charge in [-0.05, 0) is 43.4 Å². The van der Waals surface area contributed by atoms with Gasteiger partial charge in [-0.25, -0.2) is 4.98 Å². The molecule has 1 atom stereocenters. The molecule has 0 aliphatic carbocycles. The van der Waals surface area contributed by atoms with Gasteiger partial charge in [-0.3, -0.25) is 0 Å². The molecule has 4 nitrogen and oxygen atoms in total. The molecule has 2 heterocycles. The molecule has 0 spiro atoms. The summed E-state index contributed by atoms with van der Waals surface area (Å²) in [4.78, 5) is 6.80. The van der Waals surface area contributed by atoms with Crippen molar-refractivity contribution in [2.24, 2.45) is 0 Å². The van der Waals surface area contributed by atoms with E-state index < -0.39 is 0 Å². The first kappa shape index (κ1) is 14.3. The first-order chi connectivity index (χ1) is 9.24. The number of aromatic nitrogens is 1. The molecule has 1 unspecified atom stereocenters. The number of hydrogen-bond donors (Lipinski definition) is 1. The lowest BCUT2D eigenvalue weighted by Crippen LogP contribution is -2.40. The minimum atomic E-state index is 0.0519. The van der Waals surface area contributed by atoms with Crippen LogP contribution in [0.3, 0.4) is 0 Å². The highest BCUT2D eigenvalue weighted by atomic mass is 16.5. The number of anilines is 1. The quantitative estimate of drug-likeness (QED) is 0.886. The van der Waals surface area contributed by atoms with E-state index in [1.165, 1.54) is 0 Å². The molecule has 1 aliphatic rings. The van der Waals surface area contributed by atoms with Gasteiger partial charge in [0.2, 0.25) is 0 Å². The summed E-state index contributed by atoms with van der Waals surface area (Å²) in [6.07, 6.45) is 5.45. The van der Waals surface area contributed by atoms with Gasteiger partial charge in [-0.2, -0.15) is 0 Å². The standard InChI is InChI=1S/C15H24N2O2/c1-3-7-19-14-5-4-6-17(10-14)15-12(2)8-13(11-18)9-16-15/h8-9,14,18H,3-7,10-11H2,1-2H3. The van der Waals surface area contributed by atoms with Crippen molar-refractivity contribution in [1.29, 1.82) is 0 Å². The van der Waals surface area contributed by atoms with Crippen LogP contribution < -0.4 is 4.90 Å². The van der Waals surface area contributed by atoms with Crippen LogP contribution >= 0.6 is 0 Å². The SMILES string of the molecule is CCCOC1CCCN(c2ncc(CO)cc2C)C1. The van der Waals surface area contributed by atoms with Crippen LogP contribution in [-0.4, -0.2) is 35.9 Å². The number of piperidine rings is 1. The maximum absolute atomic E-state index is 9.13. The van der Waals surface area contributed by atoms with Crippen LogP contribution in [0, 0.1) is 6.92 Å². The lowest BCUT2D eigenvalue weighted by Gasteiger charge is -2.34. The van der Waals surface area contributed by atoms with Crippen LogP contribution in [0.2, 0.25) is 0 Å². The summed E-state index contributed by atoms with van der Waals surface area (Å²) in [5.74, 6) is 1.03. The Kier molecular flexibility index (Phi) is 5.16. The number of ether oxygens (including phenoxy) is 1. The first-order valence-corrected chi connectivity index (χ1v) is 7.17. The van der Waals surface area contributed by atoms with E-state index in [1.807, 2.05) is 6.07 Å². The molecule has 19 heavy (non-hydrogen) atoms. The molecule has 1 aliphatic heterocycles. The Balaban J connectivity index is 2.04. The molecule has 106 valence electrons. The van der Waals surface area contributed by atoms with Gasteiger partial charge in [0.1, 0.15) is 5.82 Å². The second kappa shape index (κ2) is 6.87. The zero-order chi connectivity index (χ0) is 13.7. The van der Waals surface area contributed by atoms with E-state index in [-0.39, 0.29) is 6.61 Å². The predicted molar refractivity (Wildman–Crippen MR) is 76.4 cm³/mol. The van der Waals surface area contributed by atoms with Crippen molar-refractivity contribution in [3.8, 4) is 0 Å². The van der Waals surface area contributed by atoms with E-state index in [0.717, 1.165) is 55.9 Å². The number of nitrogens with zero attached hydrogens (tertiary/aromatic N) is 2. The molecule has 1 saturated heterocycles. The lowest BCUT2D eigenvalue weighted by molar-refractivity contribution is 0.0439. The van der Waals surface area contributed by atoms with Gasteiger partial charge in [0.25, 0.3) is 0 Å². The summed E-state index contributed by atoms with van der Waals surface area (Å²) in [7, 11) is 0. The zero-order valence-corrected chi connectivity index (χ0v) is 11.9. The fourth-order valence-electron chi connectivity index (χ4n) is 2.59. The summed E-state index contributed by atoms with van der Waals surface area (Å²) in [6, 6.07) is 2.01. The molecule has 0 radical (unpaired) electrons. The fourth-order valence-corrected chi connectivity index (χ4v) is 2.59. The van der Waals surface area contributed by atoms with Gasteiger partial charge >= 0.3 is 0 Å².